The van der Waals surface area contributed by atoms with Crippen molar-refractivity contribution in [1.82, 2.24) is 5.32 Å². The molecule has 2 atom stereocenters. The van der Waals surface area contributed by atoms with Gasteiger partial charge in [0.2, 0.25) is 5.91 Å². The summed E-state index contributed by atoms with van der Waals surface area (Å²) < 4.78 is 5.48. The zero-order valence-corrected chi connectivity index (χ0v) is 43.0. The van der Waals surface area contributed by atoms with Crippen molar-refractivity contribution in [2.75, 3.05) is 13.2 Å². The van der Waals surface area contributed by atoms with E-state index in [-0.39, 0.29) is 18.5 Å². The van der Waals surface area contributed by atoms with Gasteiger partial charge in [0.25, 0.3) is 0 Å². The van der Waals surface area contributed by atoms with Crippen LogP contribution >= 0.6 is 0 Å². The minimum atomic E-state index is -0.668. The number of hydrogen-bond acceptors (Lipinski definition) is 5. The van der Waals surface area contributed by atoms with Crippen LogP contribution in [0, 0.1) is 0 Å². The highest BCUT2D eigenvalue weighted by molar-refractivity contribution is 5.76. The molecule has 0 bridgehead atoms. The van der Waals surface area contributed by atoms with Crippen molar-refractivity contribution in [3.63, 3.8) is 0 Å². The van der Waals surface area contributed by atoms with Crippen molar-refractivity contribution in [2.45, 2.75) is 321 Å². The van der Waals surface area contributed by atoms with Gasteiger partial charge in [0.05, 0.1) is 25.4 Å². The van der Waals surface area contributed by atoms with Gasteiger partial charge in [0.1, 0.15) is 0 Å². The fraction of sp³-hybridized carbons (Fsp3) is 0.897. The minimum absolute atomic E-state index is 0.000992. The average molecular weight is 903 g/mol. The smallest absolute Gasteiger partial charge is 0.305 e. The lowest BCUT2D eigenvalue weighted by atomic mass is 10.0. The first-order valence-electron chi connectivity index (χ1n) is 28.6. The fourth-order valence-electron chi connectivity index (χ4n) is 8.81. The molecule has 0 spiro atoms. The molecule has 0 aliphatic heterocycles. The molecule has 0 aromatic carbocycles. The van der Waals surface area contributed by atoms with Crippen molar-refractivity contribution in [2.24, 2.45) is 0 Å². The lowest BCUT2D eigenvalue weighted by Gasteiger charge is -2.22. The summed E-state index contributed by atoms with van der Waals surface area (Å²) >= 11 is 0. The largest absolute Gasteiger partial charge is 0.466 e. The molecule has 3 N–H and O–H groups in total. The Morgan fingerprint density at radius 2 is 0.734 bits per heavy atom. The molecule has 378 valence electrons. The first-order chi connectivity index (χ1) is 31.5. The Hall–Kier alpha value is -1.66. The van der Waals surface area contributed by atoms with E-state index >= 15 is 0 Å². The molecule has 0 radical (unpaired) electrons. The summed E-state index contributed by atoms with van der Waals surface area (Å²) in [7, 11) is 0. The lowest BCUT2D eigenvalue weighted by Crippen LogP contribution is -2.45. The van der Waals surface area contributed by atoms with Crippen LogP contribution in [0.25, 0.3) is 0 Å². The van der Waals surface area contributed by atoms with E-state index in [1.165, 1.54) is 231 Å². The molecule has 0 aliphatic carbocycles. The molecule has 0 saturated heterocycles. The van der Waals surface area contributed by atoms with Crippen LogP contribution < -0.4 is 5.32 Å². The zero-order valence-electron chi connectivity index (χ0n) is 43.0. The van der Waals surface area contributed by atoms with Crippen LogP contribution in [0.1, 0.15) is 309 Å². The summed E-state index contributed by atoms with van der Waals surface area (Å²) in [6.45, 7) is 4.93. The van der Waals surface area contributed by atoms with Crippen molar-refractivity contribution >= 4 is 11.9 Å². The van der Waals surface area contributed by atoms with Gasteiger partial charge < -0.3 is 20.3 Å². The molecule has 0 aliphatic rings. The van der Waals surface area contributed by atoms with Crippen molar-refractivity contribution < 1.29 is 24.5 Å². The summed E-state index contributed by atoms with van der Waals surface area (Å²) in [5.74, 6) is -0.0451. The Bertz CT molecular complexity index is 997. The van der Waals surface area contributed by atoms with Crippen LogP contribution in [0.15, 0.2) is 24.3 Å². The molecule has 6 heteroatoms. The van der Waals surface area contributed by atoms with Gasteiger partial charge in [-0.25, -0.2) is 0 Å². The predicted octanol–water partition coefficient (Wildman–Crippen LogP) is 17.5. The van der Waals surface area contributed by atoms with Gasteiger partial charge in [0, 0.05) is 12.8 Å². The van der Waals surface area contributed by atoms with Gasteiger partial charge >= 0.3 is 5.97 Å². The van der Waals surface area contributed by atoms with Gasteiger partial charge in [-0.15, -0.1) is 0 Å². The third kappa shape index (κ3) is 49.8. The Labute approximate surface area is 399 Å². The normalized spacial score (nSPS) is 12.8. The second-order valence-corrected chi connectivity index (χ2v) is 19.6. The zero-order chi connectivity index (χ0) is 46.5. The van der Waals surface area contributed by atoms with E-state index in [1.807, 2.05) is 0 Å². The summed E-state index contributed by atoms with van der Waals surface area (Å²) in [5.41, 5.74) is 0. The molecule has 0 heterocycles. The fourth-order valence-corrected chi connectivity index (χ4v) is 8.81. The maximum absolute atomic E-state index is 12.4. The minimum Gasteiger partial charge on any atom is -0.466 e. The van der Waals surface area contributed by atoms with Gasteiger partial charge in [-0.2, -0.15) is 0 Å². The van der Waals surface area contributed by atoms with E-state index in [2.05, 4.69) is 43.5 Å². The van der Waals surface area contributed by atoms with Crippen LogP contribution in [0.2, 0.25) is 0 Å². The average Bonchev–Trinajstić information content (AvgIpc) is 3.29. The molecule has 0 aromatic rings. The molecule has 0 fully saturated rings. The number of rotatable bonds is 53. The van der Waals surface area contributed by atoms with E-state index in [9.17, 15) is 19.8 Å². The number of esters is 1. The molecule has 0 rings (SSSR count). The Morgan fingerprint density at radius 3 is 1.11 bits per heavy atom. The van der Waals surface area contributed by atoms with E-state index in [1.54, 1.807) is 0 Å². The highest BCUT2D eigenvalue weighted by atomic mass is 16.5. The topological polar surface area (TPSA) is 95.9 Å². The van der Waals surface area contributed by atoms with Gasteiger partial charge in [-0.3, -0.25) is 9.59 Å². The molecular weight excluding hydrogens is 791 g/mol. The summed E-state index contributed by atoms with van der Waals surface area (Å²) in [6, 6.07) is -0.547. The Balaban J connectivity index is 3.40. The number of hydrogen-bond donors (Lipinski definition) is 3. The van der Waals surface area contributed by atoms with E-state index in [0.717, 1.165) is 44.9 Å². The van der Waals surface area contributed by atoms with Crippen molar-refractivity contribution in [1.29, 1.82) is 0 Å². The van der Waals surface area contributed by atoms with Crippen LogP contribution in [-0.4, -0.2) is 47.4 Å². The third-order valence-corrected chi connectivity index (χ3v) is 13.2. The van der Waals surface area contributed by atoms with Gasteiger partial charge in [0.15, 0.2) is 0 Å². The number of allylic oxidation sites excluding steroid dienone is 4. The Morgan fingerprint density at radius 1 is 0.422 bits per heavy atom. The second-order valence-electron chi connectivity index (χ2n) is 19.6. The van der Waals surface area contributed by atoms with Crippen molar-refractivity contribution in [3.8, 4) is 0 Å². The monoisotopic (exact) mass is 902 g/mol. The van der Waals surface area contributed by atoms with Crippen LogP contribution in [0.5, 0.6) is 0 Å². The first-order valence-corrected chi connectivity index (χ1v) is 28.6. The van der Waals surface area contributed by atoms with Crippen LogP contribution in [0.4, 0.5) is 0 Å². The number of ether oxygens (including phenoxy) is 1. The number of aliphatic hydroxyl groups is 2. The van der Waals surface area contributed by atoms with Crippen LogP contribution in [-0.2, 0) is 14.3 Å². The number of carbonyl (C=O) groups excluding carboxylic acids is 2. The maximum atomic E-state index is 12.4. The summed E-state index contributed by atoms with van der Waals surface area (Å²) in [4.78, 5) is 24.5. The van der Waals surface area contributed by atoms with Gasteiger partial charge in [-0.1, -0.05) is 244 Å². The quantitative estimate of drug-likeness (QED) is 0.0321. The number of unbranched alkanes of at least 4 members (excludes halogenated alkanes) is 38. The number of aliphatic hydroxyl groups excluding tert-OH is 2. The molecule has 2 unspecified atom stereocenters. The van der Waals surface area contributed by atoms with E-state index in [4.69, 9.17) is 4.74 Å². The Kier molecular flexibility index (Phi) is 52.6. The van der Waals surface area contributed by atoms with E-state index in [0.29, 0.717) is 25.9 Å². The van der Waals surface area contributed by atoms with Gasteiger partial charge in [-0.05, 0) is 77.0 Å². The first kappa shape index (κ1) is 62.3. The number of carbonyl (C=O) groups is 2. The maximum Gasteiger partial charge on any atom is 0.305 e. The standard InChI is InChI=1S/C58H111NO5/c1-3-5-7-9-11-13-15-16-17-18-23-26-29-32-36-40-44-48-52-58(63)64-53-49-45-41-37-33-30-27-24-21-19-20-22-25-28-31-35-39-43-47-51-57(62)59-55(54-60)56(61)50-46-42-38-34-14-12-10-8-6-4-2/h17-20,55-56,60-61H,3-16,21-54H2,1-2H3,(H,59,62)/b18-17-,20-19-. The molecule has 0 aromatic heterocycles. The molecule has 64 heavy (non-hydrogen) atoms. The SMILES string of the molecule is CCCCCCCCC/C=C\CCCCCCCCCC(=O)OCCCCCCCCCC/C=C\CCCCCCCCCC(=O)NC(CO)C(O)CCCCCCCCCCCC. The molecular formula is C58H111NO5. The number of amides is 1. The lowest BCUT2D eigenvalue weighted by molar-refractivity contribution is -0.143. The molecule has 6 nitrogen and oxygen atoms in total. The predicted molar refractivity (Wildman–Crippen MR) is 278 cm³/mol. The molecule has 0 saturated carbocycles. The van der Waals surface area contributed by atoms with Crippen LogP contribution in [0.3, 0.4) is 0 Å². The highest BCUT2D eigenvalue weighted by Gasteiger charge is 2.20. The van der Waals surface area contributed by atoms with Crippen molar-refractivity contribution in [3.05, 3.63) is 24.3 Å². The molecule has 1 amide bonds. The van der Waals surface area contributed by atoms with E-state index < -0.39 is 12.1 Å². The third-order valence-electron chi connectivity index (χ3n) is 13.2. The summed E-state index contributed by atoms with van der Waals surface area (Å²) in [6.07, 6.45) is 64.6. The highest BCUT2D eigenvalue weighted by Crippen LogP contribution is 2.16. The number of nitrogens with one attached hydrogen (secondary N) is 1. The second kappa shape index (κ2) is 54.0. The summed E-state index contributed by atoms with van der Waals surface area (Å²) in [5, 5.41) is 23.1.